The van der Waals surface area contributed by atoms with Gasteiger partial charge in [-0.25, -0.2) is 4.98 Å². The molecule has 0 unspecified atom stereocenters. The van der Waals surface area contributed by atoms with Crippen molar-refractivity contribution in [1.82, 2.24) is 15.3 Å². The topological polar surface area (TPSA) is 127 Å². The molecule has 9 nitrogen and oxygen atoms in total. The molecule has 1 aromatic carbocycles. The van der Waals surface area contributed by atoms with Crippen LogP contribution in [0.5, 0.6) is 0 Å². The van der Waals surface area contributed by atoms with E-state index in [1.165, 1.54) is 0 Å². The SMILES string of the molecule is CC(C)(C)OC(=O)CNC(=O)CCOCCCC(=O)c1nc2ccccc2[nH]c1=O. The fourth-order valence-electron chi connectivity index (χ4n) is 2.58. The molecule has 0 aliphatic heterocycles. The summed E-state index contributed by atoms with van der Waals surface area (Å²) < 4.78 is 10.4. The van der Waals surface area contributed by atoms with Gasteiger partial charge in [0.1, 0.15) is 12.1 Å². The summed E-state index contributed by atoms with van der Waals surface area (Å²) in [4.78, 5) is 54.3. The van der Waals surface area contributed by atoms with Crippen molar-refractivity contribution in [2.45, 2.75) is 45.6 Å². The zero-order valence-corrected chi connectivity index (χ0v) is 17.4. The molecule has 2 N–H and O–H groups in total. The van der Waals surface area contributed by atoms with E-state index in [-0.39, 0.29) is 50.0 Å². The second-order valence-corrected chi connectivity index (χ2v) is 7.68. The Bertz CT molecular complexity index is 961. The van der Waals surface area contributed by atoms with Crippen LogP contribution < -0.4 is 10.9 Å². The minimum Gasteiger partial charge on any atom is -0.459 e. The zero-order chi connectivity index (χ0) is 22.1. The molecule has 2 rings (SSSR count). The van der Waals surface area contributed by atoms with Crippen molar-refractivity contribution in [3.63, 3.8) is 0 Å². The van der Waals surface area contributed by atoms with Crippen molar-refractivity contribution in [1.29, 1.82) is 0 Å². The minimum absolute atomic E-state index is 0.0860. The molecule has 0 bridgehead atoms. The lowest BCUT2D eigenvalue weighted by Crippen LogP contribution is -2.34. The number of nitrogens with zero attached hydrogens (tertiary/aromatic N) is 1. The highest BCUT2D eigenvalue weighted by Crippen LogP contribution is 2.08. The number of aromatic nitrogens is 2. The zero-order valence-electron chi connectivity index (χ0n) is 17.4. The summed E-state index contributed by atoms with van der Waals surface area (Å²) in [5.41, 5.74) is -0.104. The quantitative estimate of drug-likeness (QED) is 0.342. The number of H-pyrrole nitrogens is 1. The number of carbonyl (C=O) groups excluding carboxylic acids is 3. The minimum atomic E-state index is -0.602. The van der Waals surface area contributed by atoms with E-state index in [1.807, 2.05) is 0 Å². The van der Waals surface area contributed by atoms with E-state index in [0.29, 0.717) is 17.5 Å². The maximum atomic E-state index is 12.3. The lowest BCUT2D eigenvalue weighted by atomic mass is 10.1. The fraction of sp³-hybridized carbons (Fsp3) is 0.476. The average molecular weight is 417 g/mol. The molecule has 0 atom stereocenters. The monoisotopic (exact) mass is 417 g/mol. The molecule has 0 aliphatic carbocycles. The van der Waals surface area contributed by atoms with Gasteiger partial charge in [0.15, 0.2) is 11.5 Å². The van der Waals surface area contributed by atoms with E-state index in [1.54, 1.807) is 45.0 Å². The van der Waals surface area contributed by atoms with E-state index in [4.69, 9.17) is 9.47 Å². The van der Waals surface area contributed by atoms with E-state index in [9.17, 15) is 19.2 Å². The predicted octanol–water partition coefficient (Wildman–Crippen LogP) is 1.75. The van der Waals surface area contributed by atoms with Gasteiger partial charge in [-0.05, 0) is 39.3 Å². The van der Waals surface area contributed by atoms with Crippen molar-refractivity contribution in [2.24, 2.45) is 0 Å². The largest absolute Gasteiger partial charge is 0.459 e. The second kappa shape index (κ2) is 10.6. The van der Waals surface area contributed by atoms with Crippen molar-refractivity contribution in [3.8, 4) is 0 Å². The van der Waals surface area contributed by atoms with Gasteiger partial charge in [0.25, 0.3) is 5.56 Å². The summed E-state index contributed by atoms with van der Waals surface area (Å²) in [5, 5.41) is 2.46. The van der Waals surface area contributed by atoms with Gasteiger partial charge in [-0.1, -0.05) is 12.1 Å². The Hall–Kier alpha value is -3.07. The van der Waals surface area contributed by atoms with Crippen molar-refractivity contribution in [2.75, 3.05) is 19.8 Å². The van der Waals surface area contributed by atoms with E-state index >= 15 is 0 Å². The number of nitrogens with one attached hydrogen (secondary N) is 2. The Kier molecular flexibility index (Phi) is 8.23. The number of hydrogen-bond donors (Lipinski definition) is 2. The first kappa shape index (κ1) is 23.2. The maximum absolute atomic E-state index is 12.3. The van der Waals surface area contributed by atoms with Crippen LogP contribution in [0.1, 0.15) is 50.5 Å². The molecule has 1 amide bonds. The summed E-state index contributed by atoms with van der Waals surface area (Å²) in [6, 6.07) is 6.99. The fourth-order valence-corrected chi connectivity index (χ4v) is 2.58. The Balaban J connectivity index is 1.64. The molecule has 162 valence electrons. The first-order valence-corrected chi connectivity index (χ1v) is 9.74. The maximum Gasteiger partial charge on any atom is 0.325 e. The van der Waals surface area contributed by atoms with Crippen LogP contribution in [0.2, 0.25) is 0 Å². The first-order valence-electron chi connectivity index (χ1n) is 9.74. The summed E-state index contributed by atoms with van der Waals surface area (Å²) in [5.74, 6) is -1.20. The van der Waals surface area contributed by atoms with Crippen LogP contribution >= 0.6 is 0 Å². The van der Waals surface area contributed by atoms with Crippen LogP contribution in [-0.2, 0) is 19.1 Å². The Morgan fingerprint density at radius 2 is 1.83 bits per heavy atom. The first-order chi connectivity index (χ1) is 14.2. The number of benzene rings is 1. The highest BCUT2D eigenvalue weighted by Gasteiger charge is 2.17. The van der Waals surface area contributed by atoms with Crippen LogP contribution in [0.25, 0.3) is 11.0 Å². The number of rotatable bonds is 10. The standard InChI is InChI=1S/C21H27N3O6/c1-21(2,3)30-18(27)13-22-17(26)10-12-29-11-6-9-16(25)19-20(28)24-15-8-5-4-7-14(15)23-19/h4-5,7-8H,6,9-13H2,1-3H3,(H,22,26)(H,24,28). The number of aromatic amines is 1. The van der Waals surface area contributed by atoms with Crippen LogP contribution in [0.15, 0.2) is 29.1 Å². The summed E-state index contributed by atoms with van der Waals surface area (Å²) in [6.07, 6.45) is 0.591. The Morgan fingerprint density at radius 1 is 1.10 bits per heavy atom. The number of hydrogen-bond acceptors (Lipinski definition) is 7. The number of carbonyl (C=O) groups is 3. The van der Waals surface area contributed by atoms with Crippen LogP contribution in [-0.4, -0.2) is 53.0 Å². The number of para-hydroxylation sites is 2. The molecular formula is C21H27N3O6. The molecular weight excluding hydrogens is 390 g/mol. The Morgan fingerprint density at radius 3 is 2.57 bits per heavy atom. The summed E-state index contributed by atoms with van der Waals surface area (Å²) in [6.45, 7) is 5.46. The number of ether oxygens (including phenoxy) is 2. The molecule has 9 heteroatoms. The van der Waals surface area contributed by atoms with Gasteiger partial charge >= 0.3 is 5.97 Å². The number of ketones is 1. The highest BCUT2D eigenvalue weighted by molar-refractivity contribution is 5.95. The highest BCUT2D eigenvalue weighted by atomic mass is 16.6. The van der Waals surface area contributed by atoms with Crippen LogP contribution in [0.4, 0.5) is 0 Å². The van der Waals surface area contributed by atoms with Crippen molar-refractivity contribution < 1.29 is 23.9 Å². The molecule has 30 heavy (non-hydrogen) atoms. The van der Waals surface area contributed by atoms with E-state index in [0.717, 1.165) is 0 Å². The van der Waals surface area contributed by atoms with Gasteiger partial charge in [-0.15, -0.1) is 0 Å². The van der Waals surface area contributed by atoms with Gasteiger partial charge in [-0.2, -0.15) is 0 Å². The van der Waals surface area contributed by atoms with Gasteiger partial charge < -0.3 is 19.8 Å². The molecule has 0 radical (unpaired) electrons. The number of amides is 1. The average Bonchev–Trinajstić information content (AvgIpc) is 2.67. The number of fused-ring (bicyclic) bond motifs is 1. The lowest BCUT2D eigenvalue weighted by Gasteiger charge is -2.19. The molecule has 0 saturated heterocycles. The molecule has 2 aromatic rings. The third-order valence-corrected chi connectivity index (χ3v) is 3.88. The van der Waals surface area contributed by atoms with Gasteiger partial charge in [0.2, 0.25) is 5.91 Å². The molecule has 0 saturated carbocycles. The molecule has 0 aliphatic rings. The normalized spacial score (nSPS) is 11.3. The summed E-state index contributed by atoms with van der Waals surface area (Å²) >= 11 is 0. The number of Topliss-reactive ketones (excluding diaryl/α,β-unsaturated/α-hetero) is 1. The molecule has 0 fully saturated rings. The van der Waals surface area contributed by atoms with E-state index < -0.39 is 17.1 Å². The molecule has 0 spiro atoms. The second-order valence-electron chi connectivity index (χ2n) is 7.68. The van der Waals surface area contributed by atoms with Crippen molar-refractivity contribution in [3.05, 3.63) is 40.3 Å². The van der Waals surface area contributed by atoms with Crippen molar-refractivity contribution >= 4 is 28.7 Å². The molecule has 1 heterocycles. The van der Waals surface area contributed by atoms with Gasteiger partial charge in [0.05, 0.1) is 17.6 Å². The molecule has 1 aromatic heterocycles. The Labute approximate surface area is 174 Å². The smallest absolute Gasteiger partial charge is 0.325 e. The summed E-state index contributed by atoms with van der Waals surface area (Å²) in [7, 11) is 0. The van der Waals surface area contributed by atoms with Gasteiger partial charge in [-0.3, -0.25) is 19.2 Å². The third kappa shape index (κ3) is 7.75. The third-order valence-electron chi connectivity index (χ3n) is 3.88. The van der Waals surface area contributed by atoms with Gasteiger partial charge in [0, 0.05) is 19.4 Å². The number of esters is 1. The lowest BCUT2D eigenvalue weighted by molar-refractivity contribution is -0.154. The van der Waals surface area contributed by atoms with Crippen LogP contribution in [0.3, 0.4) is 0 Å². The predicted molar refractivity (Wildman–Crippen MR) is 110 cm³/mol. The van der Waals surface area contributed by atoms with E-state index in [2.05, 4.69) is 15.3 Å². The van der Waals surface area contributed by atoms with Crippen LogP contribution in [0, 0.1) is 0 Å².